The molecule has 6 heteroatoms. The minimum absolute atomic E-state index is 0.270. The van der Waals surface area contributed by atoms with Gasteiger partial charge in [-0.15, -0.1) is 0 Å². The minimum Gasteiger partial charge on any atom is -0.481 e. The Morgan fingerprint density at radius 1 is 1.11 bits per heavy atom. The highest BCUT2D eigenvalue weighted by Gasteiger charge is 2.18. The summed E-state index contributed by atoms with van der Waals surface area (Å²) in [6.45, 7) is 4.96. The zero-order valence-corrected chi connectivity index (χ0v) is 16.3. The zero-order chi connectivity index (χ0) is 19.8. The number of amides is 1. The molecule has 3 N–H and O–H groups in total. The van der Waals surface area contributed by atoms with Gasteiger partial charge < -0.3 is 15.7 Å². The van der Waals surface area contributed by atoms with Crippen molar-refractivity contribution in [2.24, 2.45) is 11.8 Å². The number of hydrogen-bond donors (Lipinski definition) is 3. The summed E-state index contributed by atoms with van der Waals surface area (Å²) in [7, 11) is 0. The van der Waals surface area contributed by atoms with E-state index < -0.39 is 11.9 Å². The number of carbonyl (C=O) groups is 2. The molecule has 0 aliphatic rings. The molecule has 0 heterocycles. The first-order valence-corrected chi connectivity index (χ1v) is 9.33. The van der Waals surface area contributed by atoms with Crippen molar-refractivity contribution >= 4 is 29.2 Å². The monoisotopic (exact) mass is 388 g/mol. The van der Waals surface area contributed by atoms with Crippen LogP contribution in [0.3, 0.4) is 0 Å². The maximum atomic E-state index is 12.4. The fraction of sp³-hybridized carbons (Fsp3) is 0.333. The SMILES string of the molecule is CC(C)CC(CNCc1cccc(NC(=O)c2ccccc2Cl)c1)C(=O)O. The summed E-state index contributed by atoms with van der Waals surface area (Å²) >= 11 is 6.06. The molecule has 0 aromatic heterocycles. The number of hydrogen-bond acceptors (Lipinski definition) is 3. The fourth-order valence-electron chi connectivity index (χ4n) is 2.83. The Balaban J connectivity index is 1.94. The van der Waals surface area contributed by atoms with Gasteiger partial charge in [-0.1, -0.05) is 49.7 Å². The molecule has 0 saturated carbocycles. The van der Waals surface area contributed by atoms with E-state index in [-0.39, 0.29) is 5.91 Å². The van der Waals surface area contributed by atoms with Gasteiger partial charge in [-0.25, -0.2) is 0 Å². The van der Waals surface area contributed by atoms with Gasteiger partial charge in [-0.3, -0.25) is 9.59 Å². The van der Waals surface area contributed by atoms with Crippen LogP contribution in [0, 0.1) is 11.8 Å². The van der Waals surface area contributed by atoms with E-state index >= 15 is 0 Å². The third kappa shape index (κ3) is 6.70. The normalized spacial score (nSPS) is 12.0. The van der Waals surface area contributed by atoms with Crippen molar-refractivity contribution in [3.05, 3.63) is 64.7 Å². The average molecular weight is 389 g/mol. The molecular formula is C21H25ClN2O3. The lowest BCUT2D eigenvalue weighted by molar-refractivity contribution is -0.142. The minimum atomic E-state index is -0.781. The summed E-state index contributed by atoms with van der Waals surface area (Å²) in [5.74, 6) is -1.13. The summed E-state index contributed by atoms with van der Waals surface area (Å²) in [6, 6.07) is 14.3. The van der Waals surface area contributed by atoms with Gasteiger partial charge in [-0.2, -0.15) is 0 Å². The third-order valence-electron chi connectivity index (χ3n) is 4.13. The maximum absolute atomic E-state index is 12.4. The summed E-state index contributed by atoms with van der Waals surface area (Å²) in [4.78, 5) is 23.7. The maximum Gasteiger partial charge on any atom is 0.307 e. The summed E-state index contributed by atoms with van der Waals surface area (Å²) in [6.07, 6.45) is 0.635. The van der Waals surface area contributed by atoms with Crippen molar-refractivity contribution in [3.63, 3.8) is 0 Å². The number of carboxylic acids is 1. The fourth-order valence-corrected chi connectivity index (χ4v) is 3.06. The molecule has 144 valence electrons. The molecule has 0 fully saturated rings. The van der Waals surface area contributed by atoms with Crippen LogP contribution in [0.1, 0.15) is 36.2 Å². The number of anilines is 1. The molecular weight excluding hydrogens is 364 g/mol. The average Bonchev–Trinajstić information content (AvgIpc) is 2.61. The molecule has 0 spiro atoms. The summed E-state index contributed by atoms with van der Waals surface area (Å²) in [5, 5.41) is 15.7. The molecule has 1 atom stereocenters. The van der Waals surface area contributed by atoms with Crippen LogP contribution in [-0.4, -0.2) is 23.5 Å². The molecule has 2 aromatic carbocycles. The van der Waals surface area contributed by atoms with Crippen molar-refractivity contribution in [1.82, 2.24) is 5.32 Å². The Hall–Kier alpha value is -2.37. The van der Waals surface area contributed by atoms with Crippen LogP contribution in [0.4, 0.5) is 5.69 Å². The second-order valence-corrected chi connectivity index (χ2v) is 7.34. The Morgan fingerprint density at radius 2 is 1.85 bits per heavy atom. The van der Waals surface area contributed by atoms with Gasteiger partial charge in [-0.05, 0) is 42.2 Å². The van der Waals surface area contributed by atoms with E-state index in [4.69, 9.17) is 11.6 Å². The van der Waals surface area contributed by atoms with Crippen LogP contribution in [0.2, 0.25) is 5.02 Å². The summed E-state index contributed by atoms with van der Waals surface area (Å²) < 4.78 is 0. The predicted octanol–water partition coefficient (Wildman–Crippen LogP) is 4.43. The Kier molecular flexibility index (Phi) is 7.82. The van der Waals surface area contributed by atoms with Crippen molar-refractivity contribution in [3.8, 4) is 0 Å². The van der Waals surface area contributed by atoms with Crippen LogP contribution in [0.25, 0.3) is 0 Å². The van der Waals surface area contributed by atoms with Gasteiger partial charge >= 0.3 is 5.97 Å². The number of nitrogens with one attached hydrogen (secondary N) is 2. The topological polar surface area (TPSA) is 78.4 Å². The van der Waals surface area contributed by atoms with Crippen molar-refractivity contribution in [2.45, 2.75) is 26.8 Å². The molecule has 0 bridgehead atoms. The predicted molar refractivity (Wildman–Crippen MR) is 108 cm³/mol. The quantitative estimate of drug-likeness (QED) is 0.593. The third-order valence-corrected chi connectivity index (χ3v) is 4.46. The lowest BCUT2D eigenvalue weighted by Gasteiger charge is -2.15. The van der Waals surface area contributed by atoms with E-state index in [1.54, 1.807) is 30.3 Å². The number of halogens is 1. The molecule has 0 saturated heterocycles. The van der Waals surface area contributed by atoms with Gasteiger partial charge in [0, 0.05) is 18.8 Å². The zero-order valence-electron chi connectivity index (χ0n) is 15.5. The molecule has 1 amide bonds. The van der Waals surface area contributed by atoms with Crippen LogP contribution in [0.15, 0.2) is 48.5 Å². The molecule has 2 aromatic rings. The Labute approximate surface area is 164 Å². The van der Waals surface area contributed by atoms with Gasteiger partial charge in [0.2, 0.25) is 0 Å². The van der Waals surface area contributed by atoms with Crippen molar-refractivity contribution in [1.29, 1.82) is 0 Å². The second kappa shape index (κ2) is 10.1. The van der Waals surface area contributed by atoms with Crippen LogP contribution < -0.4 is 10.6 Å². The van der Waals surface area contributed by atoms with E-state index in [2.05, 4.69) is 10.6 Å². The molecule has 5 nitrogen and oxygen atoms in total. The highest BCUT2D eigenvalue weighted by molar-refractivity contribution is 6.34. The standard InChI is InChI=1S/C21H25ClN2O3/c1-14(2)10-16(21(26)27)13-23-12-15-6-5-7-17(11-15)24-20(25)18-8-3-4-9-19(18)22/h3-9,11,14,16,23H,10,12-13H2,1-2H3,(H,24,25)(H,26,27). The molecule has 0 aliphatic heterocycles. The van der Waals surface area contributed by atoms with Crippen molar-refractivity contribution < 1.29 is 14.7 Å². The smallest absolute Gasteiger partial charge is 0.307 e. The first kappa shape index (κ1) is 20.9. The Morgan fingerprint density at radius 3 is 2.52 bits per heavy atom. The van der Waals surface area contributed by atoms with Crippen LogP contribution in [-0.2, 0) is 11.3 Å². The second-order valence-electron chi connectivity index (χ2n) is 6.93. The van der Waals surface area contributed by atoms with Gasteiger partial charge in [0.15, 0.2) is 0 Å². The van der Waals surface area contributed by atoms with E-state index in [9.17, 15) is 14.7 Å². The van der Waals surface area contributed by atoms with Crippen LogP contribution in [0.5, 0.6) is 0 Å². The summed E-state index contributed by atoms with van der Waals surface area (Å²) in [5.41, 5.74) is 2.04. The number of rotatable bonds is 9. The number of aliphatic carboxylic acids is 1. The molecule has 27 heavy (non-hydrogen) atoms. The Bertz CT molecular complexity index is 793. The van der Waals surface area contributed by atoms with E-state index in [0.717, 1.165) is 5.56 Å². The van der Waals surface area contributed by atoms with E-state index in [0.29, 0.717) is 41.7 Å². The van der Waals surface area contributed by atoms with E-state index in [1.807, 2.05) is 32.0 Å². The van der Waals surface area contributed by atoms with Gasteiger partial charge in [0.25, 0.3) is 5.91 Å². The highest BCUT2D eigenvalue weighted by atomic mass is 35.5. The molecule has 0 aliphatic carbocycles. The van der Waals surface area contributed by atoms with E-state index in [1.165, 1.54) is 0 Å². The van der Waals surface area contributed by atoms with Gasteiger partial charge in [0.05, 0.1) is 16.5 Å². The lowest BCUT2D eigenvalue weighted by atomic mass is 9.97. The highest BCUT2D eigenvalue weighted by Crippen LogP contribution is 2.18. The number of benzene rings is 2. The van der Waals surface area contributed by atoms with Crippen LogP contribution >= 0.6 is 11.6 Å². The number of carbonyl (C=O) groups excluding carboxylic acids is 1. The van der Waals surface area contributed by atoms with Gasteiger partial charge in [0.1, 0.15) is 0 Å². The molecule has 2 rings (SSSR count). The molecule has 1 unspecified atom stereocenters. The van der Waals surface area contributed by atoms with Crippen molar-refractivity contribution in [2.75, 3.05) is 11.9 Å². The largest absolute Gasteiger partial charge is 0.481 e. The first-order chi connectivity index (χ1) is 12.9. The lowest BCUT2D eigenvalue weighted by Crippen LogP contribution is -2.29. The first-order valence-electron chi connectivity index (χ1n) is 8.95. The molecule has 0 radical (unpaired) electrons. The number of carboxylic acid groups (broad SMARTS) is 1.